The van der Waals surface area contributed by atoms with Crippen LogP contribution >= 0.6 is 0 Å². The van der Waals surface area contributed by atoms with Crippen molar-refractivity contribution in [3.63, 3.8) is 0 Å². The van der Waals surface area contributed by atoms with Gasteiger partial charge in [0.1, 0.15) is 0 Å². The number of carbonyl (C=O) groups excluding carboxylic acids is 12. The van der Waals surface area contributed by atoms with Crippen LogP contribution in [0.4, 0.5) is 0 Å². The lowest BCUT2D eigenvalue weighted by atomic mass is 10.0. The molecule has 0 bridgehead atoms. The molecule has 1 aromatic carbocycles. The highest BCUT2D eigenvalue weighted by Crippen LogP contribution is 2.15. The van der Waals surface area contributed by atoms with Crippen LogP contribution in [0.5, 0.6) is 0 Å². The molecule has 0 aliphatic rings. The molecule has 74 heavy (non-hydrogen) atoms. The van der Waals surface area contributed by atoms with Gasteiger partial charge in [-0.1, -0.05) is 132 Å². The number of hydrogen-bond donors (Lipinski definition) is 0. The summed E-state index contributed by atoms with van der Waals surface area (Å²) < 4.78 is 0. The lowest BCUT2D eigenvalue weighted by Gasteiger charge is -2.03. The molecule has 0 atom stereocenters. The quantitative estimate of drug-likeness (QED) is 0.150. The number of aromatic nitrogens is 5. The summed E-state index contributed by atoms with van der Waals surface area (Å²) in [6.07, 6.45) is 14.5. The Kier molecular flexibility index (Phi) is 58.9. The fourth-order valence-electron chi connectivity index (χ4n) is 4.84. The molecular formula is C57H71N5O12. The van der Waals surface area contributed by atoms with Crippen molar-refractivity contribution < 1.29 is 57.5 Å². The Hall–Kier alpha value is -8.75. The molecule has 17 nitrogen and oxygen atoms in total. The largest absolute Gasteiger partial charge is 0.373 e. The van der Waals surface area contributed by atoms with E-state index in [0.29, 0.717) is 35.5 Å². The molecular weight excluding hydrogens is 947 g/mol. The maximum Gasteiger partial charge on any atom is 0.373 e. The lowest BCUT2D eigenvalue weighted by molar-refractivity contribution is -0.193. The van der Waals surface area contributed by atoms with Gasteiger partial charge < -0.3 is 0 Å². The molecule has 0 aliphatic heterocycles. The van der Waals surface area contributed by atoms with Crippen molar-refractivity contribution in [1.82, 2.24) is 24.9 Å². The van der Waals surface area contributed by atoms with E-state index in [1.165, 1.54) is 27.8 Å². The summed E-state index contributed by atoms with van der Waals surface area (Å²) in [5, 5.41) is 0. The SMILES string of the molecule is CC(C)c1ccccc1.CC(C)c1ccccn1.CC(C)c1cccnc1.CC(C)c1cccnc1.Cc1cc(C(C)C)ccn1.Cc1cc(C(C)C)ccn1.O=C=O.O=C=O.O=C=O.O=C=O.O=C=O.O=C=O. The Morgan fingerprint density at radius 1 is 0.297 bits per heavy atom. The number of nitrogens with zero attached hydrogens (tertiary/aromatic N) is 5. The Bertz CT molecular complexity index is 2100. The first-order valence-corrected chi connectivity index (χ1v) is 22.7. The Morgan fingerprint density at radius 2 is 0.595 bits per heavy atom. The molecule has 0 spiro atoms. The number of pyridine rings is 5. The van der Waals surface area contributed by atoms with Crippen LogP contribution in [0, 0.1) is 13.8 Å². The summed E-state index contributed by atoms with van der Waals surface area (Å²) in [6.45, 7) is 30.1. The molecule has 5 heterocycles. The van der Waals surface area contributed by atoms with Gasteiger partial charge in [-0.2, -0.15) is 57.5 Å². The highest BCUT2D eigenvalue weighted by Gasteiger charge is 1.99. The van der Waals surface area contributed by atoms with Crippen molar-refractivity contribution in [1.29, 1.82) is 0 Å². The predicted molar refractivity (Wildman–Crippen MR) is 272 cm³/mol. The van der Waals surface area contributed by atoms with Crippen LogP contribution in [0.15, 0.2) is 140 Å². The second-order valence-electron chi connectivity index (χ2n) is 16.1. The highest BCUT2D eigenvalue weighted by molar-refractivity contribution is 5.22. The molecule has 0 radical (unpaired) electrons. The molecule has 0 amide bonds. The van der Waals surface area contributed by atoms with Crippen molar-refractivity contribution in [2.45, 2.75) is 132 Å². The summed E-state index contributed by atoms with van der Waals surface area (Å²) in [5.74, 6) is 3.62. The molecule has 5 aromatic heterocycles. The molecule has 0 aliphatic carbocycles. The van der Waals surface area contributed by atoms with Gasteiger partial charge in [-0.25, -0.2) is 0 Å². The van der Waals surface area contributed by atoms with Crippen LogP contribution in [0.25, 0.3) is 0 Å². The van der Waals surface area contributed by atoms with Crippen LogP contribution in [-0.2, 0) is 57.5 Å². The maximum absolute atomic E-state index is 8.12. The molecule has 6 rings (SSSR count). The normalized spacial score (nSPS) is 8.38. The van der Waals surface area contributed by atoms with E-state index in [0.717, 1.165) is 17.1 Å². The monoisotopic (exact) mass is 1020 g/mol. The van der Waals surface area contributed by atoms with Gasteiger partial charge in [0.2, 0.25) is 0 Å². The Morgan fingerprint density at radius 3 is 0.770 bits per heavy atom. The molecule has 6 aromatic rings. The lowest BCUT2D eigenvalue weighted by Crippen LogP contribution is -1.88. The van der Waals surface area contributed by atoms with E-state index in [1.807, 2.05) is 81.2 Å². The molecule has 0 saturated heterocycles. The fourth-order valence-corrected chi connectivity index (χ4v) is 4.84. The van der Waals surface area contributed by atoms with E-state index in [1.54, 1.807) is 12.4 Å². The molecule has 0 saturated carbocycles. The Balaban J connectivity index is -0.000000176. The highest BCUT2D eigenvalue weighted by atomic mass is 16.2. The molecule has 0 N–H and O–H groups in total. The van der Waals surface area contributed by atoms with Crippen LogP contribution in [-0.4, -0.2) is 61.8 Å². The van der Waals surface area contributed by atoms with Gasteiger partial charge >= 0.3 is 36.9 Å². The average molecular weight is 1020 g/mol. The first kappa shape index (κ1) is 76.7. The second-order valence-corrected chi connectivity index (χ2v) is 16.1. The minimum atomic E-state index is 0.250. The van der Waals surface area contributed by atoms with E-state index < -0.39 is 0 Å². The topological polar surface area (TPSA) is 269 Å². The number of rotatable bonds is 6. The van der Waals surface area contributed by atoms with E-state index in [9.17, 15) is 0 Å². The minimum absolute atomic E-state index is 0.250. The van der Waals surface area contributed by atoms with E-state index in [4.69, 9.17) is 57.5 Å². The second kappa shape index (κ2) is 56.8. The number of benzene rings is 1. The van der Waals surface area contributed by atoms with Gasteiger partial charge in [-0.05, 0) is 126 Å². The molecule has 396 valence electrons. The zero-order chi connectivity index (χ0) is 58.1. The average Bonchev–Trinajstić information content (AvgIpc) is 3.37. The van der Waals surface area contributed by atoms with Gasteiger partial charge in [0.25, 0.3) is 0 Å². The minimum Gasteiger partial charge on any atom is -0.264 e. The number of hydrogen-bond acceptors (Lipinski definition) is 17. The summed E-state index contributed by atoms with van der Waals surface area (Å²) in [4.78, 5) is 118. The fraction of sp³-hybridized carbons (Fsp3) is 0.351. The van der Waals surface area contributed by atoms with E-state index >= 15 is 0 Å². The standard InChI is InChI=1S/2C9H13N.C9H12.3C8H11N.6CO2/c2*1-7(2)9-4-5-10-8(3)6-9;1-8(2)9-6-4-3-5-7-9;2*1-7(2)8-4-3-5-9-6-8;1-7(2)8-5-3-4-6-9-8;6*2-1-3/h2*4-7H,1-3H3;3-8H,1-2H3;3*3-7H,1-2H3;;;;;;. The van der Waals surface area contributed by atoms with Crippen molar-refractivity contribution in [3.05, 3.63) is 185 Å². The summed E-state index contributed by atoms with van der Waals surface area (Å²) in [7, 11) is 0. The predicted octanol–water partition coefficient (Wildman–Crippen LogP) is 11.0. The molecule has 17 heteroatoms. The summed E-state index contributed by atoms with van der Waals surface area (Å²) in [6, 6.07) is 33.0. The van der Waals surface area contributed by atoms with Gasteiger partial charge in [-0.3, -0.25) is 24.9 Å². The maximum atomic E-state index is 8.12. The smallest absolute Gasteiger partial charge is 0.264 e. The zero-order valence-electron chi connectivity index (χ0n) is 44.9. The number of aryl methyl sites for hydroxylation is 2. The van der Waals surface area contributed by atoms with Crippen molar-refractivity contribution in [2.75, 3.05) is 0 Å². The summed E-state index contributed by atoms with van der Waals surface area (Å²) >= 11 is 0. The van der Waals surface area contributed by atoms with E-state index in [-0.39, 0.29) is 36.9 Å². The molecule has 0 unspecified atom stereocenters. The van der Waals surface area contributed by atoms with Crippen molar-refractivity contribution in [2.24, 2.45) is 0 Å². The summed E-state index contributed by atoms with van der Waals surface area (Å²) in [5.41, 5.74) is 10.1. The van der Waals surface area contributed by atoms with Gasteiger partial charge in [0, 0.05) is 60.5 Å². The first-order valence-electron chi connectivity index (χ1n) is 22.7. The van der Waals surface area contributed by atoms with Gasteiger partial charge in [0.15, 0.2) is 0 Å². The third-order valence-electron chi connectivity index (χ3n) is 8.62. The van der Waals surface area contributed by atoms with E-state index in [2.05, 4.69) is 169 Å². The Labute approximate surface area is 435 Å². The first-order chi connectivity index (χ1) is 35.1. The third-order valence-corrected chi connectivity index (χ3v) is 8.62. The zero-order valence-corrected chi connectivity index (χ0v) is 44.9. The van der Waals surface area contributed by atoms with Gasteiger partial charge in [-0.15, -0.1) is 0 Å². The van der Waals surface area contributed by atoms with Gasteiger partial charge in [0.05, 0.1) is 0 Å². The third kappa shape index (κ3) is 54.2. The van der Waals surface area contributed by atoms with Crippen LogP contribution in [0.3, 0.4) is 0 Å². The van der Waals surface area contributed by atoms with Crippen molar-refractivity contribution in [3.8, 4) is 0 Å². The molecule has 0 fully saturated rings. The van der Waals surface area contributed by atoms with Crippen LogP contribution in [0.2, 0.25) is 0 Å². The van der Waals surface area contributed by atoms with Crippen LogP contribution < -0.4 is 0 Å². The van der Waals surface area contributed by atoms with Crippen LogP contribution in [0.1, 0.15) is 163 Å². The van der Waals surface area contributed by atoms with Crippen molar-refractivity contribution >= 4 is 36.9 Å².